The summed E-state index contributed by atoms with van der Waals surface area (Å²) in [5, 5.41) is 3.09. The van der Waals surface area contributed by atoms with Gasteiger partial charge in [0.15, 0.2) is 0 Å². The highest BCUT2D eigenvalue weighted by molar-refractivity contribution is 5.92. The summed E-state index contributed by atoms with van der Waals surface area (Å²) in [5.74, 6) is -0.0174. The fourth-order valence-corrected chi connectivity index (χ4v) is 2.40. The molecular formula is C15H20N2O. The number of anilines is 1. The monoisotopic (exact) mass is 244 g/mol. The van der Waals surface area contributed by atoms with Gasteiger partial charge >= 0.3 is 0 Å². The first-order valence-electron chi connectivity index (χ1n) is 6.43. The first-order chi connectivity index (χ1) is 8.57. The van der Waals surface area contributed by atoms with Crippen molar-refractivity contribution in [3.05, 3.63) is 35.9 Å². The predicted molar refractivity (Wildman–Crippen MR) is 74.9 cm³/mol. The number of nitrogens with two attached hydrogens (primary N) is 1. The molecule has 0 unspecified atom stereocenters. The summed E-state index contributed by atoms with van der Waals surface area (Å²) in [7, 11) is 0. The lowest BCUT2D eigenvalue weighted by Crippen LogP contribution is -2.42. The molecule has 1 fully saturated rings. The molecule has 3 heteroatoms. The Morgan fingerprint density at radius 1 is 1.28 bits per heavy atom. The quantitative estimate of drug-likeness (QED) is 0.634. The van der Waals surface area contributed by atoms with E-state index >= 15 is 0 Å². The SMILES string of the molecule is CC1(NC(=O)/C=C/c2ccc(N)cc2)CCCC1. The molecule has 0 bridgehead atoms. The van der Waals surface area contributed by atoms with Crippen LogP contribution in [-0.2, 0) is 4.79 Å². The molecule has 3 nitrogen and oxygen atoms in total. The van der Waals surface area contributed by atoms with E-state index < -0.39 is 0 Å². The van der Waals surface area contributed by atoms with E-state index in [0.717, 1.165) is 24.1 Å². The molecule has 0 saturated heterocycles. The number of rotatable bonds is 3. The molecule has 1 aliphatic carbocycles. The van der Waals surface area contributed by atoms with Gasteiger partial charge in [0.1, 0.15) is 0 Å². The molecule has 1 amide bonds. The standard InChI is InChI=1S/C15H20N2O/c1-15(10-2-3-11-15)17-14(18)9-6-12-4-7-13(16)8-5-12/h4-9H,2-3,10-11,16H2,1H3,(H,17,18)/b9-6+. The van der Waals surface area contributed by atoms with E-state index in [-0.39, 0.29) is 11.4 Å². The van der Waals surface area contributed by atoms with E-state index in [9.17, 15) is 4.79 Å². The van der Waals surface area contributed by atoms with Crippen molar-refractivity contribution >= 4 is 17.7 Å². The Labute approximate surface area is 108 Å². The van der Waals surface area contributed by atoms with Crippen LogP contribution in [0.2, 0.25) is 0 Å². The minimum absolute atomic E-state index is 0.0114. The summed E-state index contributed by atoms with van der Waals surface area (Å²) in [6, 6.07) is 7.46. The van der Waals surface area contributed by atoms with Crippen LogP contribution < -0.4 is 11.1 Å². The fraction of sp³-hybridized carbons (Fsp3) is 0.400. The van der Waals surface area contributed by atoms with Gasteiger partial charge in [0.05, 0.1) is 0 Å². The molecule has 2 rings (SSSR count). The number of benzene rings is 1. The van der Waals surface area contributed by atoms with Crippen LogP contribution in [0.4, 0.5) is 5.69 Å². The summed E-state index contributed by atoms with van der Waals surface area (Å²) < 4.78 is 0. The Balaban J connectivity index is 1.92. The lowest BCUT2D eigenvalue weighted by molar-refractivity contribution is -0.118. The molecule has 0 atom stereocenters. The van der Waals surface area contributed by atoms with Crippen LogP contribution in [0.5, 0.6) is 0 Å². The molecule has 0 heterocycles. The topological polar surface area (TPSA) is 55.1 Å². The van der Waals surface area contributed by atoms with Gasteiger partial charge in [-0.1, -0.05) is 25.0 Å². The Bertz CT molecular complexity index is 442. The van der Waals surface area contributed by atoms with E-state index in [4.69, 9.17) is 5.73 Å². The summed E-state index contributed by atoms with van der Waals surface area (Å²) >= 11 is 0. The highest BCUT2D eigenvalue weighted by Crippen LogP contribution is 2.28. The Morgan fingerprint density at radius 3 is 2.50 bits per heavy atom. The average Bonchev–Trinajstić information content (AvgIpc) is 2.75. The maximum absolute atomic E-state index is 11.8. The number of carbonyl (C=O) groups excluding carboxylic acids is 1. The van der Waals surface area contributed by atoms with Gasteiger partial charge < -0.3 is 11.1 Å². The molecule has 1 aromatic carbocycles. The fourth-order valence-electron chi connectivity index (χ4n) is 2.40. The maximum Gasteiger partial charge on any atom is 0.244 e. The second kappa shape index (κ2) is 5.25. The van der Waals surface area contributed by atoms with Crippen molar-refractivity contribution in [2.24, 2.45) is 0 Å². The molecule has 1 aliphatic rings. The smallest absolute Gasteiger partial charge is 0.244 e. The highest BCUT2D eigenvalue weighted by atomic mass is 16.1. The number of nitrogens with one attached hydrogen (secondary N) is 1. The zero-order valence-corrected chi connectivity index (χ0v) is 10.8. The van der Waals surface area contributed by atoms with Crippen molar-refractivity contribution in [3.63, 3.8) is 0 Å². The lowest BCUT2D eigenvalue weighted by Gasteiger charge is -2.24. The summed E-state index contributed by atoms with van der Waals surface area (Å²) in [6.45, 7) is 2.12. The minimum atomic E-state index is -0.0174. The molecule has 1 saturated carbocycles. The van der Waals surface area contributed by atoms with Gasteiger partial charge in [-0.05, 0) is 43.5 Å². The third-order valence-electron chi connectivity index (χ3n) is 3.50. The van der Waals surface area contributed by atoms with Crippen LogP contribution in [0.15, 0.2) is 30.3 Å². The molecule has 1 aromatic rings. The number of carbonyl (C=O) groups is 1. The van der Waals surface area contributed by atoms with E-state index in [1.54, 1.807) is 6.08 Å². The van der Waals surface area contributed by atoms with E-state index in [1.165, 1.54) is 12.8 Å². The van der Waals surface area contributed by atoms with E-state index in [0.29, 0.717) is 0 Å². The number of hydrogen-bond donors (Lipinski definition) is 2. The van der Waals surface area contributed by atoms with Crippen LogP contribution in [0.1, 0.15) is 38.2 Å². The Hall–Kier alpha value is -1.77. The first-order valence-corrected chi connectivity index (χ1v) is 6.43. The molecule has 18 heavy (non-hydrogen) atoms. The zero-order chi connectivity index (χ0) is 13.0. The molecule has 3 N–H and O–H groups in total. The van der Waals surface area contributed by atoms with Crippen molar-refractivity contribution in [1.29, 1.82) is 0 Å². The summed E-state index contributed by atoms with van der Waals surface area (Å²) in [6.07, 6.45) is 7.97. The van der Waals surface area contributed by atoms with Crippen LogP contribution in [-0.4, -0.2) is 11.4 Å². The molecule has 0 aliphatic heterocycles. The molecule has 0 spiro atoms. The summed E-state index contributed by atoms with van der Waals surface area (Å²) in [4.78, 5) is 11.8. The number of hydrogen-bond acceptors (Lipinski definition) is 2. The van der Waals surface area contributed by atoms with Crippen LogP contribution in [0.3, 0.4) is 0 Å². The van der Waals surface area contributed by atoms with Gasteiger partial charge in [-0.15, -0.1) is 0 Å². The van der Waals surface area contributed by atoms with Crippen LogP contribution in [0, 0.1) is 0 Å². The van der Waals surface area contributed by atoms with Gasteiger partial charge in [-0.25, -0.2) is 0 Å². The normalized spacial score (nSPS) is 18.1. The average molecular weight is 244 g/mol. The molecule has 0 aromatic heterocycles. The van der Waals surface area contributed by atoms with E-state index in [1.807, 2.05) is 30.3 Å². The van der Waals surface area contributed by atoms with Gasteiger partial charge in [0.25, 0.3) is 0 Å². The lowest BCUT2D eigenvalue weighted by atomic mass is 10.0. The molecule has 96 valence electrons. The Kier molecular flexibility index (Phi) is 3.70. The number of nitrogen functional groups attached to an aromatic ring is 1. The van der Waals surface area contributed by atoms with Crippen molar-refractivity contribution in [1.82, 2.24) is 5.32 Å². The van der Waals surface area contributed by atoms with Crippen molar-refractivity contribution in [2.45, 2.75) is 38.1 Å². The molecular weight excluding hydrogens is 224 g/mol. The third kappa shape index (κ3) is 3.36. The van der Waals surface area contributed by atoms with Gasteiger partial charge in [0, 0.05) is 17.3 Å². The summed E-state index contributed by atoms with van der Waals surface area (Å²) in [5.41, 5.74) is 7.31. The largest absolute Gasteiger partial charge is 0.399 e. The van der Waals surface area contributed by atoms with E-state index in [2.05, 4.69) is 12.2 Å². The maximum atomic E-state index is 11.8. The third-order valence-corrected chi connectivity index (χ3v) is 3.50. The second-order valence-corrected chi connectivity index (χ2v) is 5.26. The Morgan fingerprint density at radius 2 is 1.89 bits per heavy atom. The predicted octanol–water partition coefficient (Wildman–Crippen LogP) is 2.73. The van der Waals surface area contributed by atoms with Crippen molar-refractivity contribution in [3.8, 4) is 0 Å². The van der Waals surface area contributed by atoms with Gasteiger partial charge in [-0.3, -0.25) is 4.79 Å². The van der Waals surface area contributed by atoms with Gasteiger partial charge in [-0.2, -0.15) is 0 Å². The van der Waals surface area contributed by atoms with Crippen molar-refractivity contribution in [2.75, 3.05) is 5.73 Å². The first kappa shape index (κ1) is 12.7. The molecule has 0 radical (unpaired) electrons. The van der Waals surface area contributed by atoms with Crippen LogP contribution >= 0.6 is 0 Å². The zero-order valence-electron chi connectivity index (χ0n) is 10.8. The number of amides is 1. The minimum Gasteiger partial charge on any atom is -0.399 e. The second-order valence-electron chi connectivity index (χ2n) is 5.26. The van der Waals surface area contributed by atoms with Crippen molar-refractivity contribution < 1.29 is 4.79 Å². The van der Waals surface area contributed by atoms with Crippen LogP contribution in [0.25, 0.3) is 6.08 Å². The van der Waals surface area contributed by atoms with Gasteiger partial charge in [0.2, 0.25) is 5.91 Å². The highest BCUT2D eigenvalue weighted by Gasteiger charge is 2.29.